The van der Waals surface area contributed by atoms with E-state index in [0.717, 1.165) is 45.7 Å². The highest BCUT2D eigenvalue weighted by molar-refractivity contribution is 5.94. The molecule has 2 heterocycles. The number of carbonyl (C=O) groups is 2. The average molecular weight is 510 g/mol. The largest absolute Gasteiger partial charge is 0.472 e. The molecular weight excluding hydrogens is 478 g/mol. The SMILES string of the molecule is COC(=O)c1ccc(N[C@@H]2C[C@H](C)N(C(C)=O)c3ccc(-c4cccc(NCc5ccoc5)c4)cc32)cc1. The minimum atomic E-state index is -0.364. The molecule has 2 atom stereocenters. The molecule has 0 unspecified atom stereocenters. The van der Waals surface area contributed by atoms with Crippen molar-refractivity contribution in [3.8, 4) is 11.1 Å². The topological polar surface area (TPSA) is 83.8 Å². The fourth-order valence-corrected chi connectivity index (χ4v) is 5.09. The molecule has 0 spiro atoms. The summed E-state index contributed by atoms with van der Waals surface area (Å²) in [6, 6.07) is 23.8. The number of nitrogens with one attached hydrogen (secondary N) is 2. The number of carbonyl (C=O) groups excluding carboxylic acids is 2. The lowest BCUT2D eigenvalue weighted by Gasteiger charge is -2.39. The number of nitrogens with zero attached hydrogens (tertiary/aromatic N) is 1. The van der Waals surface area contributed by atoms with Gasteiger partial charge < -0.3 is 24.7 Å². The lowest BCUT2D eigenvalue weighted by molar-refractivity contribution is -0.117. The van der Waals surface area contributed by atoms with Gasteiger partial charge in [0.1, 0.15) is 0 Å². The molecule has 0 aliphatic carbocycles. The number of hydrogen-bond acceptors (Lipinski definition) is 6. The Labute approximate surface area is 222 Å². The van der Waals surface area contributed by atoms with Crippen LogP contribution >= 0.6 is 0 Å². The second-order valence-corrected chi connectivity index (χ2v) is 9.58. The van der Waals surface area contributed by atoms with Gasteiger partial charge in [-0.3, -0.25) is 4.79 Å². The molecule has 7 nitrogen and oxygen atoms in total. The maximum absolute atomic E-state index is 12.6. The van der Waals surface area contributed by atoms with E-state index in [1.54, 1.807) is 31.6 Å². The number of benzene rings is 3. The van der Waals surface area contributed by atoms with Gasteiger partial charge in [-0.1, -0.05) is 18.2 Å². The lowest BCUT2D eigenvalue weighted by atomic mass is 9.88. The minimum Gasteiger partial charge on any atom is -0.472 e. The van der Waals surface area contributed by atoms with Crippen molar-refractivity contribution in [1.82, 2.24) is 0 Å². The third-order valence-corrected chi connectivity index (χ3v) is 6.94. The second kappa shape index (κ2) is 10.8. The molecular formula is C31H31N3O4. The summed E-state index contributed by atoms with van der Waals surface area (Å²) in [5, 5.41) is 7.07. The zero-order valence-corrected chi connectivity index (χ0v) is 21.7. The number of anilines is 3. The maximum Gasteiger partial charge on any atom is 0.337 e. The van der Waals surface area contributed by atoms with Gasteiger partial charge >= 0.3 is 5.97 Å². The number of methoxy groups -OCH3 is 1. The fourth-order valence-electron chi connectivity index (χ4n) is 5.09. The molecule has 0 fully saturated rings. The molecule has 0 radical (unpaired) electrons. The van der Waals surface area contributed by atoms with Gasteiger partial charge in [0.25, 0.3) is 0 Å². The number of furan rings is 1. The first-order valence-electron chi connectivity index (χ1n) is 12.7. The maximum atomic E-state index is 12.6. The summed E-state index contributed by atoms with van der Waals surface area (Å²) in [4.78, 5) is 26.3. The number of rotatable bonds is 7. The van der Waals surface area contributed by atoms with Gasteiger partial charge in [0, 0.05) is 42.1 Å². The zero-order valence-electron chi connectivity index (χ0n) is 21.7. The Balaban J connectivity index is 1.45. The molecule has 1 aliphatic heterocycles. The third-order valence-electron chi connectivity index (χ3n) is 6.94. The Morgan fingerprint density at radius 2 is 1.79 bits per heavy atom. The predicted molar refractivity (Wildman–Crippen MR) is 149 cm³/mol. The molecule has 1 amide bonds. The lowest BCUT2D eigenvalue weighted by Crippen LogP contribution is -2.43. The van der Waals surface area contributed by atoms with Crippen molar-refractivity contribution in [2.75, 3.05) is 22.6 Å². The first kappa shape index (κ1) is 25.1. The first-order chi connectivity index (χ1) is 18.4. The highest BCUT2D eigenvalue weighted by atomic mass is 16.5. The van der Waals surface area contributed by atoms with Crippen molar-refractivity contribution in [1.29, 1.82) is 0 Å². The van der Waals surface area contributed by atoms with Crippen molar-refractivity contribution < 1.29 is 18.7 Å². The molecule has 0 saturated carbocycles. The molecule has 1 aliphatic rings. The van der Waals surface area contributed by atoms with Crippen molar-refractivity contribution in [3.05, 3.63) is 102 Å². The van der Waals surface area contributed by atoms with Crippen LogP contribution < -0.4 is 15.5 Å². The van der Waals surface area contributed by atoms with Crippen molar-refractivity contribution in [2.24, 2.45) is 0 Å². The van der Waals surface area contributed by atoms with Crippen LogP contribution in [0.3, 0.4) is 0 Å². The molecule has 5 rings (SSSR count). The third kappa shape index (κ3) is 5.27. The highest BCUT2D eigenvalue weighted by Crippen LogP contribution is 2.41. The van der Waals surface area contributed by atoms with Gasteiger partial charge in [-0.15, -0.1) is 0 Å². The number of esters is 1. The van der Waals surface area contributed by atoms with E-state index in [4.69, 9.17) is 9.15 Å². The second-order valence-electron chi connectivity index (χ2n) is 9.58. The van der Waals surface area contributed by atoms with Crippen LogP contribution in [0.2, 0.25) is 0 Å². The molecule has 194 valence electrons. The van der Waals surface area contributed by atoms with Crippen LogP contribution in [0.15, 0.2) is 89.7 Å². The number of fused-ring (bicyclic) bond motifs is 1. The van der Waals surface area contributed by atoms with E-state index in [9.17, 15) is 9.59 Å². The molecule has 0 bridgehead atoms. The number of amides is 1. The molecule has 3 aromatic carbocycles. The monoisotopic (exact) mass is 509 g/mol. The van der Waals surface area contributed by atoms with Gasteiger partial charge in [-0.05, 0) is 84.6 Å². The van der Waals surface area contributed by atoms with E-state index in [1.807, 2.05) is 41.3 Å². The Morgan fingerprint density at radius 3 is 2.50 bits per heavy atom. The molecule has 4 aromatic rings. The summed E-state index contributed by atoms with van der Waals surface area (Å²) in [5.74, 6) is -0.339. The Morgan fingerprint density at radius 1 is 1.00 bits per heavy atom. The van der Waals surface area contributed by atoms with Gasteiger partial charge in [-0.2, -0.15) is 0 Å². The number of hydrogen-bond donors (Lipinski definition) is 2. The van der Waals surface area contributed by atoms with Gasteiger partial charge in [0.15, 0.2) is 0 Å². The molecule has 0 saturated heterocycles. The smallest absolute Gasteiger partial charge is 0.337 e. The summed E-state index contributed by atoms with van der Waals surface area (Å²) in [6.07, 6.45) is 4.16. The fraction of sp³-hybridized carbons (Fsp3) is 0.226. The van der Waals surface area contributed by atoms with Crippen LogP contribution in [-0.2, 0) is 16.1 Å². The number of ether oxygens (including phenoxy) is 1. The van der Waals surface area contributed by atoms with E-state index in [-0.39, 0.29) is 24.0 Å². The average Bonchev–Trinajstić information content (AvgIpc) is 3.45. The first-order valence-corrected chi connectivity index (χ1v) is 12.7. The molecule has 38 heavy (non-hydrogen) atoms. The quantitative estimate of drug-likeness (QED) is 0.272. The van der Waals surface area contributed by atoms with Crippen LogP contribution in [0.5, 0.6) is 0 Å². The highest BCUT2D eigenvalue weighted by Gasteiger charge is 2.32. The normalized spacial score (nSPS) is 16.4. The summed E-state index contributed by atoms with van der Waals surface area (Å²) in [7, 11) is 1.37. The van der Waals surface area contributed by atoms with E-state index in [1.165, 1.54) is 7.11 Å². The summed E-state index contributed by atoms with van der Waals surface area (Å²) in [6.45, 7) is 4.36. The van der Waals surface area contributed by atoms with Crippen LogP contribution in [0.1, 0.15) is 47.8 Å². The van der Waals surface area contributed by atoms with Crippen LogP contribution in [0.4, 0.5) is 17.1 Å². The summed E-state index contributed by atoms with van der Waals surface area (Å²) >= 11 is 0. The predicted octanol–water partition coefficient (Wildman–Crippen LogP) is 6.64. The van der Waals surface area contributed by atoms with Crippen LogP contribution in [-0.4, -0.2) is 25.0 Å². The Kier molecular flexibility index (Phi) is 7.18. The van der Waals surface area contributed by atoms with E-state index in [2.05, 4.69) is 41.8 Å². The summed E-state index contributed by atoms with van der Waals surface area (Å²) < 4.78 is 9.97. The molecule has 2 N–H and O–H groups in total. The standard InChI is InChI=1S/C31H31N3O4/c1-20-15-29(33-26-10-7-23(8-11-26)31(36)37-3)28-17-25(9-12-30(28)34(20)21(2)35)24-5-4-6-27(16-24)32-18-22-13-14-38-19-22/h4-14,16-17,19-20,29,32-33H,15,18H2,1-3H3/t20-,29+/m0/s1. The Bertz CT molecular complexity index is 1430. The zero-order chi connectivity index (χ0) is 26.6. The van der Waals surface area contributed by atoms with E-state index in [0.29, 0.717) is 12.1 Å². The van der Waals surface area contributed by atoms with Crippen molar-refractivity contribution in [2.45, 2.75) is 38.9 Å². The van der Waals surface area contributed by atoms with Crippen LogP contribution in [0, 0.1) is 0 Å². The van der Waals surface area contributed by atoms with E-state index >= 15 is 0 Å². The van der Waals surface area contributed by atoms with Gasteiger partial charge in [-0.25, -0.2) is 4.79 Å². The minimum absolute atomic E-state index is 0.0121. The van der Waals surface area contributed by atoms with Gasteiger partial charge in [0.05, 0.1) is 31.2 Å². The summed E-state index contributed by atoms with van der Waals surface area (Å²) in [5.41, 5.74) is 7.62. The van der Waals surface area contributed by atoms with E-state index < -0.39 is 0 Å². The van der Waals surface area contributed by atoms with Crippen LogP contribution in [0.25, 0.3) is 11.1 Å². The van der Waals surface area contributed by atoms with Gasteiger partial charge in [0.2, 0.25) is 5.91 Å². The molecule has 7 heteroatoms. The molecule has 1 aromatic heterocycles. The van der Waals surface area contributed by atoms with Crippen molar-refractivity contribution in [3.63, 3.8) is 0 Å². The van der Waals surface area contributed by atoms with Crippen molar-refractivity contribution >= 4 is 28.9 Å². The Hall–Kier alpha value is -4.52.